The van der Waals surface area contributed by atoms with E-state index in [1.54, 1.807) is 17.1 Å². The molecule has 34 heavy (non-hydrogen) atoms. The Labute approximate surface area is 193 Å². The lowest BCUT2D eigenvalue weighted by Gasteiger charge is -2.15. The lowest BCUT2D eigenvalue weighted by molar-refractivity contribution is -0.192. The van der Waals surface area contributed by atoms with Crippen molar-refractivity contribution in [2.24, 2.45) is 0 Å². The molecule has 0 aliphatic heterocycles. The van der Waals surface area contributed by atoms with Gasteiger partial charge in [-0.3, -0.25) is 8.89 Å². The number of carbonyl (C=O) groups is 1. The molecule has 4 aromatic rings. The smallest absolute Gasteiger partial charge is 0.475 e. The Balaban J connectivity index is 0.000000406. The van der Waals surface area contributed by atoms with Crippen molar-refractivity contribution in [2.75, 3.05) is 6.26 Å². The molecule has 2 atom stereocenters. The molecule has 0 aliphatic carbocycles. The van der Waals surface area contributed by atoms with Gasteiger partial charge in [-0.15, -0.1) is 0 Å². The van der Waals surface area contributed by atoms with Gasteiger partial charge in [0.15, 0.2) is 0 Å². The van der Waals surface area contributed by atoms with Gasteiger partial charge in [0.1, 0.15) is 12.0 Å². The van der Waals surface area contributed by atoms with Crippen LogP contribution in [0.1, 0.15) is 18.0 Å². The molecule has 0 saturated carbocycles. The topological polar surface area (TPSA) is 138 Å². The van der Waals surface area contributed by atoms with Gasteiger partial charge < -0.3 is 10.1 Å². The zero-order valence-electron chi connectivity index (χ0n) is 17.5. The monoisotopic (exact) mass is 490 g/mol. The molecule has 1 aromatic carbocycles. The van der Waals surface area contributed by atoms with E-state index in [1.165, 1.54) is 6.33 Å². The second-order valence-corrected chi connectivity index (χ2v) is 8.26. The summed E-state index contributed by atoms with van der Waals surface area (Å²) >= 11 is 0. The molecule has 0 saturated heterocycles. The number of nitrogens with zero attached hydrogens (tertiary/aromatic N) is 5. The number of hydrogen-bond acceptors (Lipinski definition) is 6. The lowest BCUT2D eigenvalue weighted by Crippen LogP contribution is -2.21. The van der Waals surface area contributed by atoms with Crippen LogP contribution in [-0.4, -0.2) is 52.4 Å². The summed E-state index contributed by atoms with van der Waals surface area (Å²) in [6.07, 6.45) is 3.81. The molecule has 176 valence electrons. The van der Waals surface area contributed by atoms with Crippen LogP contribution in [-0.2, 0) is 15.6 Å². The summed E-state index contributed by atoms with van der Waals surface area (Å²) in [5.41, 5.74) is 3.36. The number of carboxylic acids is 1. The van der Waals surface area contributed by atoms with Gasteiger partial charge in [0.25, 0.3) is 0 Å². The maximum atomic E-state index is 11.6. The van der Waals surface area contributed by atoms with Crippen LogP contribution >= 0.6 is 0 Å². The number of benzene rings is 1. The van der Waals surface area contributed by atoms with Gasteiger partial charge in [-0.25, -0.2) is 14.8 Å². The van der Waals surface area contributed by atoms with Crippen molar-refractivity contribution in [3.8, 4) is 17.3 Å². The molecule has 9 nitrogen and oxygen atoms in total. The summed E-state index contributed by atoms with van der Waals surface area (Å²) in [4.78, 5) is 21.3. The second-order valence-electron chi connectivity index (χ2n) is 6.88. The number of aromatic amines is 1. The number of nitrogens with one attached hydrogen (secondary N) is 1. The third kappa shape index (κ3) is 5.65. The lowest BCUT2D eigenvalue weighted by atomic mass is 10.0. The highest BCUT2D eigenvalue weighted by atomic mass is 32.2. The highest BCUT2D eigenvalue weighted by Crippen LogP contribution is 2.28. The number of nitriles is 1. The van der Waals surface area contributed by atoms with E-state index in [0.29, 0.717) is 0 Å². The Kier molecular flexibility index (Phi) is 7.42. The number of aromatic nitrogens is 5. The van der Waals surface area contributed by atoms with Crippen LogP contribution in [0.3, 0.4) is 0 Å². The molecule has 2 N–H and O–H groups in total. The van der Waals surface area contributed by atoms with Crippen molar-refractivity contribution >= 4 is 27.8 Å². The standard InChI is InChI=1S/C19H16N6OS.C2HF3O2/c1-27(26)15-4-2-13(3-5-15)17(6-8-20)25-11-14(10-24-25)18-16-7-9-21-19(16)23-12-22-18;3-2(4,5)1(6)7/h2-5,7,9-12,17H,6H2,1H3,(H,21,22,23);(H,6,7). The van der Waals surface area contributed by atoms with Crippen LogP contribution in [0.2, 0.25) is 0 Å². The van der Waals surface area contributed by atoms with Gasteiger partial charge in [-0.1, -0.05) is 12.1 Å². The fraction of sp³-hybridized carbons (Fsp3) is 0.190. The largest absolute Gasteiger partial charge is 0.490 e. The zero-order valence-corrected chi connectivity index (χ0v) is 18.3. The van der Waals surface area contributed by atoms with E-state index >= 15 is 0 Å². The van der Waals surface area contributed by atoms with Gasteiger partial charge in [-0.05, 0) is 23.8 Å². The van der Waals surface area contributed by atoms with Gasteiger partial charge in [0.2, 0.25) is 0 Å². The first-order chi connectivity index (χ1) is 16.1. The maximum absolute atomic E-state index is 11.6. The number of fused-ring (bicyclic) bond motifs is 1. The fourth-order valence-electron chi connectivity index (χ4n) is 3.07. The highest BCUT2D eigenvalue weighted by molar-refractivity contribution is 7.84. The van der Waals surface area contributed by atoms with Crippen molar-refractivity contribution in [3.63, 3.8) is 0 Å². The summed E-state index contributed by atoms with van der Waals surface area (Å²) < 4.78 is 45.1. The van der Waals surface area contributed by atoms with Crippen molar-refractivity contribution in [1.29, 1.82) is 5.26 Å². The molecule has 13 heteroatoms. The fourth-order valence-corrected chi connectivity index (χ4v) is 3.58. The summed E-state index contributed by atoms with van der Waals surface area (Å²) in [5.74, 6) is -2.76. The van der Waals surface area contributed by atoms with E-state index in [-0.39, 0.29) is 12.5 Å². The highest BCUT2D eigenvalue weighted by Gasteiger charge is 2.38. The average Bonchev–Trinajstić information content (AvgIpc) is 3.47. The Hall–Kier alpha value is -4.05. The van der Waals surface area contributed by atoms with Crippen LogP contribution in [0, 0.1) is 11.3 Å². The van der Waals surface area contributed by atoms with E-state index < -0.39 is 22.9 Å². The molecule has 0 spiro atoms. The Morgan fingerprint density at radius 2 is 1.94 bits per heavy atom. The Morgan fingerprint density at radius 1 is 1.26 bits per heavy atom. The average molecular weight is 490 g/mol. The van der Waals surface area contributed by atoms with Crippen molar-refractivity contribution < 1.29 is 27.3 Å². The number of halogens is 3. The molecule has 3 heterocycles. The Bertz CT molecular complexity index is 1360. The zero-order chi connectivity index (χ0) is 24.9. The Morgan fingerprint density at radius 3 is 2.53 bits per heavy atom. The molecule has 0 aliphatic rings. The molecule has 2 unspecified atom stereocenters. The summed E-state index contributed by atoms with van der Waals surface area (Å²) in [7, 11) is -1.03. The van der Waals surface area contributed by atoms with Crippen LogP contribution in [0.15, 0.2) is 60.1 Å². The third-order valence-corrected chi connectivity index (χ3v) is 5.61. The summed E-state index contributed by atoms with van der Waals surface area (Å²) in [6.45, 7) is 0. The maximum Gasteiger partial charge on any atom is 0.490 e. The van der Waals surface area contributed by atoms with Crippen molar-refractivity contribution in [3.05, 3.63) is 60.8 Å². The van der Waals surface area contributed by atoms with E-state index in [9.17, 15) is 22.6 Å². The van der Waals surface area contributed by atoms with Gasteiger partial charge >= 0.3 is 12.1 Å². The minimum absolute atomic E-state index is 0.230. The predicted octanol–water partition coefficient (Wildman–Crippen LogP) is 3.70. The van der Waals surface area contributed by atoms with Crippen LogP contribution in [0.5, 0.6) is 0 Å². The molecule has 3 aromatic heterocycles. The molecule has 0 fully saturated rings. The molecule has 4 rings (SSSR count). The van der Waals surface area contributed by atoms with Crippen LogP contribution < -0.4 is 0 Å². The van der Waals surface area contributed by atoms with Crippen molar-refractivity contribution in [2.45, 2.75) is 23.5 Å². The molecular weight excluding hydrogens is 473 g/mol. The number of aliphatic carboxylic acids is 1. The molecule has 0 bridgehead atoms. The number of H-pyrrole nitrogens is 1. The van der Waals surface area contributed by atoms with Crippen LogP contribution in [0.4, 0.5) is 13.2 Å². The number of hydrogen-bond donors (Lipinski definition) is 2. The first-order valence-electron chi connectivity index (χ1n) is 9.55. The minimum Gasteiger partial charge on any atom is -0.475 e. The third-order valence-electron chi connectivity index (χ3n) is 4.67. The molecule has 0 radical (unpaired) electrons. The number of alkyl halides is 3. The van der Waals surface area contributed by atoms with Crippen LogP contribution in [0.25, 0.3) is 22.3 Å². The van der Waals surface area contributed by atoms with Gasteiger partial charge in [0.05, 0.1) is 30.4 Å². The van der Waals surface area contributed by atoms with Gasteiger partial charge in [-0.2, -0.15) is 23.5 Å². The summed E-state index contributed by atoms with van der Waals surface area (Å²) in [6, 6.07) is 11.4. The summed E-state index contributed by atoms with van der Waals surface area (Å²) in [5, 5.41) is 21.8. The molecule has 0 amide bonds. The molecular formula is C21H17F3N6O3S. The normalized spacial score (nSPS) is 12.9. The number of carboxylic acid groups (broad SMARTS) is 1. The first-order valence-corrected chi connectivity index (χ1v) is 11.1. The second kappa shape index (κ2) is 10.3. The SMILES string of the molecule is CS(=O)c1ccc(C(CC#N)n2cc(-c3ncnc4[nH]ccc34)cn2)cc1.O=C(O)C(F)(F)F. The van der Waals surface area contributed by atoms with E-state index in [0.717, 1.165) is 32.7 Å². The van der Waals surface area contributed by atoms with Crippen molar-refractivity contribution in [1.82, 2.24) is 24.7 Å². The number of rotatable bonds is 5. The van der Waals surface area contributed by atoms with Gasteiger partial charge in [0, 0.05) is 45.3 Å². The minimum atomic E-state index is -5.08. The predicted molar refractivity (Wildman–Crippen MR) is 116 cm³/mol. The quantitative estimate of drug-likeness (QED) is 0.435. The van der Waals surface area contributed by atoms with E-state index in [1.807, 2.05) is 42.7 Å². The van der Waals surface area contributed by atoms with E-state index in [2.05, 4.69) is 26.1 Å². The van der Waals surface area contributed by atoms with E-state index in [4.69, 9.17) is 9.90 Å². The first kappa shape index (κ1) is 24.6.